The van der Waals surface area contributed by atoms with Crippen molar-refractivity contribution in [2.45, 2.75) is 13.3 Å². The van der Waals surface area contributed by atoms with E-state index in [1.165, 1.54) is 26.4 Å². The van der Waals surface area contributed by atoms with E-state index in [0.717, 1.165) is 5.56 Å². The Kier molecular flexibility index (Phi) is 6.71. The van der Waals surface area contributed by atoms with Gasteiger partial charge in [-0.15, -0.1) is 0 Å². The van der Waals surface area contributed by atoms with Crippen LogP contribution in [0.4, 0.5) is 11.4 Å². The topological polar surface area (TPSA) is 76.7 Å². The number of methoxy groups -OCH3 is 2. The van der Waals surface area contributed by atoms with Gasteiger partial charge in [-0.3, -0.25) is 9.59 Å². The maximum absolute atomic E-state index is 12.2. The number of carbonyl (C=O) groups is 2. The third-order valence-corrected chi connectivity index (χ3v) is 4.23. The third-order valence-electron chi connectivity index (χ3n) is 3.52. The predicted octanol–water partition coefficient (Wildman–Crippen LogP) is 4.29. The number of halogens is 2. The maximum Gasteiger partial charge on any atom is 0.233 e. The summed E-state index contributed by atoms with van der Waals surface area (Å²) in [6.07, 6.45) is -0.375. The summed E-state index contributed by atoms with van der Waals surface area (Å²) >= 11 is 12.0. The second kappa shape index (κ2) is 8.78. The zero-order valence-corrected chi connectivity index (χ0v) is 16.0. The van der Waals surface area contributed by atoms with Crippen molar-refractivity contribution >= 4 is 46.4 Å². The molecule has 0 bridgehead atoms. The quantitative estimate of drug-likeness (QED) is 0.714. The number of anilines is 2. The summed E-state index contributed by atoms with van der Waals surface area (Å²) in [5.41, 5.74) is 1.76. The van der Waals surface area contributed by atoms with E-state index in [1.54, 1.807) is 18.2 Å². The monoisotopic (exact) mass is 396 g/mol. The number of hydrogen-bond acceptors (Lipinski definition) is 4. The molecule has 2 aromatic rings. The Morgan fingerprint density at radius 1 is 0.923 bits per heavy atom. The minimum Gasteiger partial charge on any atom is -0.495 e. The Balaban J connectivity index is 2.03. The van der Waals surface area contributed by atoms with Gasteiger partial charge in [0.25, 0.3) is 0 Å². The Bertz CT molecular complexity index is 840. The molecule has 0 saturated heterocycles. The van der Waals surface area contributed by atoms with Gasteiger partial charge in [0.05, 0.1) is 24.9 Å². The summed E-state index contributed by atoms with van der Waals surface area (Å²) in [6.45, 7) is 1.86. The number of nitrogens with one attached hydrogen (secondary N) is 2. The van der Waals surface area contributed by atoms with Crippen molar-refractivity contribution in [3.05, 3.63) is 45.9 Å². The second-order valence-electron chi connectivity index (χ2n) is 5.42. The highest BCUT2D eigenvalue weighted by Gasteiger charge is 2.15. The standard InChI is InChI=1S/C18H18Cl2N2O4/c1-10-4-5-11(6-12(10)19)21-17(23)9-18(24)22-14-8-15(25-2)13(20)7-16(14)26-3/h4-8H,9H2,1-3H3,(H,21,23)(H,22,24). The Morgan fingerprint density at radius 3 is 2.19 bits per heavy atom. The van der Waals surface area contributed by atoms with Crippen molar-refractivity contribution in [2.24, 2.45) is 0 Å². The molecule has 138 valence electrons. The molecule has 0 spiro atoms. The van der Waals surface area contributed by atoms with Crippen molar-refractivity contribution in [3.63, 3.8) is 0 Å². The normalized spacial score (nSPS) is 10.2. The molecule has 2 amide bonds. The van der Waals surface area contributed by atoms with Crippen LogP contribution in [0.2, 0.25) is 10.0 Å². The summed E-state index contributed by atoms with van der Waals surface area (Å²) in [5, 5.41) is 6.11. The number of hydrogen-bond donors (Lipinski definition) is 2. The van der Waals surface area contributed by atoms with Gasteiger partial charge in [-0.05, 0) is 24.6 Å². The molecular formula is C18H18Cl2N2O4. The molecule has 0 saturated carbocycles. The Morgan fingerprint density at radius 2 is 1.58 bits per heavy atom. The van der Waals surface area contributed by atoms with Gasteiger partial charge >= 0.3 is 0 Å². The molecule has 0 aliphatic heterocycles. The molecule has 2 N–H and O–H groups in total. The number of amides is 2. The van der Waals surface area contributed by atoms with Crippen molar-refractivity contribution in [3.8, 4) is 11.5 Å². The summed E-state index contributed by atoms with van der Waals surface area (Å²) in [6, 6.07) is 8.16. The van der Waals surface area contributed by atoms with Crippen LogP contribution in [-0.4, -0.2) is 26.0 Å². The molecule has 0 atom stereocenters. The molecule has 2 aromatic carbocycles. The molecule has 8 heteroatoms. The van der Waals surface area contributed by atoms with Gasteiger partial charge in [0.2, 0.25) is 11.8 Å². The molecular weight excluding hydrogens is 379 g/mol. The first-order chi connectivity index (χ1) is 12.3. The smallest absolute Gasteiger partial charge is 0.233 e. The van der Waals surface area contributed by atoms with Crippen molar-refractivity contribution in [1.82, 2.24) is 0 Å². The van der Waals surface area contributed by atoms with Crippen molar-refractivity contribution in [1.29, 1.82) is 0 Å². The molecule has 6 nitrogen and oxygen atoms in total. The molecule has 0 aliphatic carbocycles. The van der Waals surface area contributed by atoms with E-state index in [0.29, 0.717) is 32.9 Å². The number of aryl methyl sites for hydroxylation is 1. The van der Waals surface area contributed by atoms with Gasteiger partial charge in [-0.25, -0.2) is 0 Å². The van der Waals surface area contributed by atoms with Crippen LogP contribution in [0.25, 0.3) is 0 Å². The summed E-state index contributed by atoms with van der Waals surface area (Å²) in [5.74, 6) is -0.248. The number of rotatable bonds is 6. The van der Waals surface area contributed by atoms with Gasteiger partial charge in [-0.1, -0.05) is 29.3 Å². The highest BCUT2D eigenvalue weighted by molar-refractivity contribution is 6.32. The second-order valence-corrected chi connectivity index (χ2v) is 6.24. The van der Waals surface area contributed by atoms with Gasteiger partial charge in [-0.2, -0.15) is 0 Å². The van der Waals surface area contributed by atoms with Gasteiger partial charge in [0.1, 0.15) is 17.9 Å². The van der Waals surface area contributed by atoms with Crippen LogP contribution in [0.3, 0.4) is 0 Å². The summed E-state index contributed by atoms with van der Waals surface area (Å²) in [7, 11) is 2.90. The first-order valence-electron chi connectivity index (χ1n) is 7.61. The minimum absolute atomic E-state index is 0.344. The maximum atomic E-state index is 12.2. The van der Waals surface area contributed by atoms with Crippen LogP contribution >= 0.6 is 23.2 Å². The van der Waals surface area contributed by atoms with Crippen molar-refractivity contribution in [2.75, 3.05) is 24.9 Å². The first-order valence-corrected chi connectivity index (χ1v) is 8.37. The first kappa shape index (κ1) is 19.9. The molecule has 2 rings (SSSR count). The van der Waals surface area contributed by atoms with Gasteiger partial charge in [0.15, 0.2) is 0 Å². The van der Waals surface area contributed by atoms with E-state index in [-0.39, 0.29) is 6.42 Å². The lowest BCUT2D eigenvalue weighted by Gasteiger charge is -2.13. The summed E-state index contributed by atoms with van der Waals surface area (Å²) < 4.78 is 10.3. The van der Waals surface area contributed by atoms with Crippen LogP contribution in [0, 0.1) is 6.92 Å². The van der Waals surface area contributed by atoms with E-state index in [1.807, 2.05) is 6.92 Å². The molecule has 26 heavy (non-hydrogen) atoms. The average Bonchev–Trinajstić information content (AvgIpc) is 2.59. The molecule has 0 fully saturated rings. The SMILES string of the molecule is COc1cc(NC(=O)CC(=O)Nc2ccc(C)c(Cl)c2)c(OC)cc1Cl. The van der Waals surface area contributed by atoms with Crippen LogP contribution in [0.5, 0.6) is 11.5 Å². The average molecular weight is 397 g/mol. The largest absolute Gasteiger partial charge is 0.495 e. The predicted molar refractivity (Wildman–Crippen MR) is 103 cm³/mol. The summed E-state index contributed by atoms with van der Waals surface area (Å²) in [4.78, 5) is 24.2. The number of benzene rings is 2. The van der Waals surface area contributed by atoms with Crippen molar-refractivity contribution < 1.29 is 19.1 Å². The Hall–Kier alpha value is -2.44. The van der Waals surface area contributed by atoms with Gasteiger partial charge < -0.3 is 20.1 Å². The fourth-order valence-electron chi connectivity index (χ4n) is 2.17. The zero-order chi connectivity index (χ0) is 19.3. The lowest BCUT2D eigenvalue weighted by Crippen LogP contribution is -2.21. The van der Waals surface area contributed by atoms with E-state index in [4.69, 9.17) is 32.7 Å². The number of carbonyl (C=O) groups excluding carboxylic acids is 2. The van der Waals surface area contributed by atoms with Crippen LogP contribution in [0.15, 0.2) is 30.3 Å². The lowest BCUT2D eigenvalue weighted by atomic mass is 10.2. The third kappa shape index (κ3) is 5.03. The van der Waals surface area contributed by atoms with Crippen LogP contribution < -0.4 is 20.1 Å². The lowest BCUT2D eigenvalue weighted by molar-refractivity contribution is -0.123. The van der Waals surface area contributed by atoms with Crippen LogP contribution in [-0.2, 0) is 9.59 Å². The number of ether oxygens (including phenoxy) is 2. The highest BCUT2D eigenvalue weighted by Crippen LogP contribution is 2.35. The zero-order valence-electron chi connectivity index (χ0n) is 14.5. The minimum atomic E-state index is -0.511. The molecule has 0 radical (unpaired) electrons. The van der Waals surface area contributed by atoms with E-state index >= 15 is 0 Å². The van der Waals surface area contributed by atoms with E-state index in [9.17, 15) is 9.59 Å². The molecule has 0 unspecified atom stereocenters. The molecule has 0 heterocycles. The fourth-order valence-corrected chi connectivity index (χ4v) is 2.59. The molecule has 0 aliphatic rings. The van der Waals surface area contributed by atoms with Gasteiger partial charge in [0, 0.05) is 22.8 Å². The highest BCUT2D eigenvalue weighted by atomic mass is 35.5. The van der Waals surface area contributed by atoms with E-state index < -0.39 is 11.8 Å². The molecule has 0 aromatic heterocycles. The Labute approximate surface area is 161 Å². The van der Waals surface area contributed by atoms with Crippen LogP contribution in [0.1, 0.15) is 12.0 Å². The van der Waals surface area contributed by atoms with E-state index in [2.05, 4.69) is 10.6 Å². The fraction of sp³-hybridized carbons (Fsp3) is 0.222.